The zero-order chi connectivity index (χ0) is 25.1. The summed E-state index contributed by atoms with van der Waals surface area (Å²) in [4.78, 5) is 35.0. The summed E-state index contributed by atoms with van der Waals surface area (Å²) < 4.78 is 8.55. The molecule has 0 radical (unpaired) electrons. The number of methoxy groups -OCH3 is 1. The molecule has 5 rings (SSSR count). The highest BCUT2D eigenvalue weighted by molar-refractivity contribution is 6.00. The number of rotatable bonds is 7. The molecule has 1 fully saturated rings. The van der Waals surface area contributed by atoms with E-state index in [2.05, 4.69) is 31.0 Å². The van der Waals surface area contributed by atoms with Gasteiger partial charge in [0, 0.05) is 38.7 Å². The maximum atomic E-state index is 13.2. The van der Waals surface area contributed by atoms with Crippen LogP contribution in [0.2, 0.25) is 0 Å². The lowest BCUT2D eigenvalue weighted by atomic mass is 9.92. The minimum Gasteiger partial charge on any atom is -0.381 e. The van der Waals surface area contributed by atoms with Gasteiger partial charge in [0.15, 0.2) is 5.65 Å². The molecular formula is C25H28N8O3. The van der Waals surface area contributed by atoms with Crippen LogP contribution in [-0.4, -0.2) is 56.4 Å². The maximum Gasteiger partial charge on any atom is 0.278 e. The first-order valence-corrected chi connectivity index (χ1v) is 11.9. The molecule has 0 bridgehead atoms. The summed E-state index contributed by atoms with van der Waals surface area (Å²) in [5.41, 5.74) is 1.46. The highest BCUT2D eigenvalue weighted by Gasteiger charge is 2.25. The Balaban J connectivity index is 1.45. The summed E-state index contributed by atoms with van der Waals surface area (Å²) in [5.74, 6) is 0.777. The van der Waals surface area contributed by atoms with Gasteiger partial charge >= 0.3 is 0 Å². The van der Waals surface area contributed by atoms with E-state index >= 15 is 0 Å². The van der Waals surface area contributed by atoms with E-state index in [0.717, 1.165) is 25.7 Å². The number of nitrogens with zero attached hydrogens (tertiary/aromatic N) is 5. The second-order valence-electron chi connectivity index (χ2n) is 8.70. The molecule has 4 aromatic heterocycles. The molecule has 1 aliphatic rings. The van der Waals surface area contributed by atoms with Gasteiger partial charge in [0.05, 0.1) is 24.2 Å². The van der Waals surface area contributed by atoms with Crippen molar-refractivity contribution < 1.29 is 9.53 Å². The molecule has 4 aromatic rings. The van der Waals surface area contributed by atoms with Crippen molar-refractivity contribution in [3.63, 3.8) is 0 Å². The van der Waals surface area contributed by atoms with Gasteiger partial charge in [-0.15, -0.1) is 0 Å². The summed E-state index contributed by atoms with van der Waals surface area (Å²) in [7, 11) is 3.46. The minimum absolute atomic E-state index is 0.0338. The number of carbonyl (C=O) groups is 1. The number of aromatic nitrogens is 5. The minimum atomic E-state index is -0.255. The summed E-state index contributed by atoms with van der Waals surface area (Å²) in [6.45, 7) is 0. The van der Waals surface area contributed by atoms with Crippen LogP contribution in [0.4, 0.5) is 17.3 Å². The van der Waals surface area contributed by atoms with E-state index in [1.165, 1.54) is 10.8 Å². The largest absolute Gasteiger partial charge is 0.381 e. The molecule has 186 valence electrons. The first-order chi connectivity index (χ1) is 17.6. The third kappa shape index (κ3) is 4.65. The van der Waals surface area contributed by atoms with Crippen molar-refractivity contribution in [3.8, 4) is 5.69 Å². The number of amides is 1. The Morgan fingerprint density at radius 2 is 2.08 bits per heavy atom. The fourth-order valence-corrected chi connectivity index (χ4v) is 4.55. The van der Waals surface area contributed by atoms with Crippen LogP contribution in [0.5, 0.6) is 0 Å². The SMILES string of the molecule is CNc1cc(Nc2cccn(-c3cccnc3)c2=O)nc2c(C(=O)N[C@@H]3CCC[C@@H](OC)C3)cnn12. The van der Waals surface area contributed by atoms with Crippen molar-refractivity contribution in [3.05, 3.63) is 71.0 Å². The Labute approximate surface area is 207 Å². The van der Waals surface area contributed by atoms with Crippen LogP contribution in [0, 0.1) is 0 Å². The van der Waals surface area contributed by atoms with Gasteiger partial charge < -0.3 is 20.7 Å². The number of fused-ring (bicyclic) bond motifs is 1. The molecule has 11 heteroatoms. The molecule has 1 aliphatic carbocycles. The Morgan fingerprint density at radius 1 is 1.19 bits per heavy atom. The molecule has 11 nitrogen and oxygen atoms in total. The highest BCUT2D eigenvalue weighted by atomic mass is 16.5. The van der Waals surface area contributed by atoms with E-state index in [4.69, 9.17) is 4.74 Å². The van der Waals surface area contributed by atoms with Crippen LogP contribution in [0.15, 0.2) is 59.9 Å². The number of anilines is 3. The molecular weight excluding hydrogens is 460 g/mol. The Bertz CT molecular complexity index is 1430. The first-order valence-electron chi connectivity index (χ1n) is 11.9. The quantitative estimate of drug-likeness (QED) is 0.362. The van der Waals surface area contributed by atoms with E-state index in [-0.39, 0.29) is 23.6 Å². The maximum absolute atomic E-state index is 13.2. The van der Waals surface area contributed by atoms with Crippen LogP contribution in [0.3, 0.4) is 0 Å². The van der Waals surface area contributed by atoms with Crippen LogP contribution >= 0.6 is 0 Å². The molecule has 4 heterocycles. The lowest BCUT2D eigenvalue weighted by molar-refractivity contribution is 0.0563. The van der Waals surface area contributed by atoms with Gasteiger partial charge in [-0.3, -0.25) is 19.1 Å². The van der Waals surface area contributed by atoms with Crippen molar-refractivity contribution >= 4 is 28.9 Å². The third-order valence-corrected chi connectivity index (χ3v) is 6.40. The number of carbonyl (C=O) groups excluding carboxylic acids is 1. The van der Waals surface area contributed by atoms with E-state index in [0.29, 0.717) is 34.2 Å². The summed E-state index contributed by atoms with van der Waals surface area (Å²) in [5, 5.41) is 13.6. The Kier molecular flexibility index (Phi) is 6.63. The lowest BCUT2D eigenvalue weighted by Gasteiger charge is -2.28. The Hall–Kier alpha value is -4.25. The molecule has 0 aliphatic heterocycles. The zero-order valence-corrected chi connectivity index (χ0v) is 20.1. The molecule has 36 heavy (non-hydrogen) atoms. The molecule has 0 unspecified atom stereocenters. The van der Waals surface area contributed by atoms with E-state index < -0.39 is 0 Å². The second kappa shape index (κ2) is 10.2. The zero-order valence-electron chi connectivity index (χ0n) is 20.1. The van der Waals surface area contributed by atoms with Gasteiger partial charge in [0.2, 0.25) is 0 Å². The lowest BCUT2D eigenvalue weighted by Crippen LogP contribution is -2.40. The van der Waals surface area contributed by atoms with Crippen LogP contribution in [-0.2, 0) is 4.74 Å². The van der Waals surface area contributed by atoms with Gasteiger partial charge in [-0.2, -0.15) is 9.61 Å². The molecule has 0 saturated heterocycles. The van der Waals surface area contributed by atoms with Gasteiger partial charge in [0.25, 0.3) is 11.5 Å². The van der Waals surface area contributed by atoms with Crippen molar-refractivity contribution in [1.82, 2.24) is 29.5 Å². The van der Waals surface area contributed by atoms with Crippen LogP contribution in [0.1, 0.15) is 36.0 Å². The average Bonchev–Trinajstić information content (AvgIpc) is 3.34. The topological polar surface area (TPSA) is 127 Å². The van der Waals surface area contributed by atoms with E-state index in [1.54, 1.807) is 67.6 Å². The van der Waals surface area contributed by atoms with Crippen molar-refractivity contribution in [2.24, 2.45) is 0 Å². The molecule has 1 saturated carbocycles. The number of nitrogens with one attached hydrogen (secondary N) is 3. The van der Waals surface area contributed by atoms with Gasteiger partial charge in [-0.25, -0.2) is 4.98 Å². The number of hydrogen-bond donors (Lipinski definition) is 3. The highest BCUT2D eigenvalue weighted by Crippen LogP contribution is 2.23. The monoisotopic (exact) mass is 488 g/mol. The standard InChI is InChI=1S/C25H28N8O3/c1-26-22-13-21(30-20-9-5-11-32(25(20)35)17-7-4-10-27-14-17)31-23-19(15-28-33(22)23)24(34)29-16-6-3-8-18(12-16)36-2/h4-5,7,9-11,13-16,18,26H,3,6,8,12H2,1-2H3,(H,29,34)(H,30,31)/t16-,18-/m1/s1. The van der Waals surface area contributed by atoms with Crippen molar-refractivity contribution in [2.75, 3.05) is 24.8 Å². The number of ether oxygens (including phenoxy) is 1. The number of pyridine rings is 2. The second-order valence-corrected chi connectivity index (χ2v) is 8.70. The van der Waals surface area contributed by atoms with Gasteiger partial charge in [-0.05, 0) is 49.9 Å². The normalized spacial score (nSPS) is 17.6. The predicted octanol–water partition coefficient (Wildman–Crippen LogP) is 2.75. The van der Waals surface area contributed by atoms with E-state index in [9.17, 15) is 9.59 Å². The molecule has 2 atom stereocenters. The fourth-order valence-electron chi connectivity index (χ4n) is 4.55. The number of hydrogen-bond acceptors (Lipinski definition) is 8. The Morgan fingerprint density at radius 3 is 2.86 bits per heavy atom. The summed E-state index contributed by atoms with van der Waals surface area (Å²) in [6.07, 6.45) is 10.3. The van der Waals surface area contributed by atoms with Gasteiger partial charge in [-0.1, -0.05) is 0 Å². The molecule has 3 N–H and O–H groups in total. The predicted molar refractivity (Wildman–Crippen MR) is 136 cm³/mol. The molecule has 0 aromatic carbocycles. The summed E-state index contributed by atoms with van der Waals surface area (Å²) in [6, 6.07) is 8.78. The van der Waals surface area contributed by atoms with Crippen molar-refractivity contribution in [2.45, 2.75) is 37.8 Å². The first kappa shape index (κ1) is 23.5. The molecule has 0 spiro atoms. The molecule has 1 amide bonds. The van der Waals surface area contributed by atoms with Crippen molar-refractivity contribution in [1.29, 1.82) is 0 Å². The van der Waals surface area contributed by atoms with Crippen LogP contribution < -0.4 is 21.5 Å². The third-order valence-electron chi connectivity index (χ3n) is 6.40. The van der Waals surface area contributed by atoms with Gasteiger partial charge in [0.1, 0.15) is 22.9 Å². The van der Waals surface area contributed by atoms with E-state index in [1.807, 2.05) is 0 Å². The summed E-state index contributed by atoms with van der Waals surface area (Å²) >= 11 is 0. The smallest absolute Gasteiger partial charge is 0.278 e. The average molecular weight is 489 g/mol. The van der Waals surface area contributed by atoms with Crippen LogP contribution in [0.25, 0.3) is 11.3 Å². The fraction of sp³-hybridized carbons (Fsp3) is 0.320.